The van der Waals surface area contributed by atoms with E-state index in [4.69, 9.17) is 0 Å². The van der Waals surface area contributed by atoms with E-state index >= 15 is 0 Å². The number of aliphatic imine (C=N–C) groups is 1. The van der Waals surface area contributed by atoms with E-state index < -0.39 is 0 Å². The molecule has 9 heteroatoms. The fraction of sp³-hybridized carbons (Fsp3) is 0.433. The number of hydrogen-bond acceptors (Lipinski definition) is 5. The molecule has 1 aromatic carbocycles. The van der Waals surface area contributed by atoms with E-state index in [0.29, 0.717) is 25.3 Å². The van der Waals surface area contributed by atoms with Crippen molar-refractivity contribution in [1.82, 2.24) is 20.0 Å². The zero-order valence-corrected chi connectivity index (χ0v) is 23.9. The first-order chi connectivity index (χ1) is 18.4. The summed E-state index contributed by atoms with van der Waals surface area (Å²) in [6, 6.07) is 7.35. The van der Waals surface area contributed by atoms with Gasteiger partial charge in [-0.1, -0.05) is 62.3 Å². The summed E-state index contributed by atoms with van der Waals surface area (Å²) in [5, 5.41) is 7.39. The van der Waals surface area contributed by atoms with Crippen molar-refractivity contribution in [3.63, 3.8) is 0 Å². The lowest BCUT2D eigenvalue weighted by Crippen LogP contribution is -2.32. The molecule has 1 saturated heterocycles. The summed E-state index contributed by atoms with van der Waals surface area (Å²) in [7, 11) is 1.75. The Bertz CT molecular complexity index is 1390. The number of urea groups is 1. The minimum absolute atomic E-state index is 0.00523. The average molecular weight is 531 g/mol. The van der Waals surface area contributed by atoms with E-state index in [1.807, 2.05) is 51.1 Å². The Kier molecular flexibility index (Phi) is 7.90. The average Bonchev–Trinajstić information content (AvgIpc) is 3.51. The van der Waals surface area contributed by atoms with Crippen LogP contribution in [0.3, 0.4) is 0 Å². The number of anilines is 1. The van der Waals surface area contributed by atoms with Crippen LogP contribution in [0.1, 0.15) is 52.7 Å². The molecule has 4 amide bonds. The highest BCUT2D eigenvalue weighted by atomic mass is 16.2. The van der Waals surface area contributed by atoms with Gasteiger partial charge in [0.2, 0.25) is 5.91 Å². The van der Waals surface area contributed by atoms with Gasteiger partial charge in [0.05, 0.1) is 24.3 Å². The van der Waals surface area contributed by atoms with Crippen molar-refractivity contribution >= 4 is 29.2 Å². The highest BCUT2D eigenvalue weighted by Gasteiger charge is 2.39. The van der Waals surface area contributed by atoms with E-state index in [1.54, 1.807) is 24.1 Å². The van der Waals surface area contributed by atoms with Crippen LogP contribution in [0.25, 0.3) is 0 Å². The Morgan fingerprint density at radius 2 is 1.87 bits per heavy atom. The van der Waals surface area contributed by atoms with Crippen molar-refractivity contribution in [2.24, 2.45) is 16.3 Å². The fourth-order valence-electron chi connectivity index (χ4n) is 4.84. The van der Waals surface area contributed by atoms with Gasteiger partial charge in [-0.05, 0) is 42.9 Å². The molecule has 1 aliphatic heterocycles. The quantitative estimate of drug-likeness (QED) is 0.293. The van der Waals surface area contributed by atoms with Gasteiger partial charge in [-0.3, -0.25) is 19.3 Å². The second-order valence-corrected chi connectivity index (χ2v) is 11.4. The molecule has 39 heavy (non-hydrogen) atoms. The van der Waals surface area contributed by atoms with Crippen LogP contribution >= 0.6 is 0 Å². The molecule has 2 aromatic rings. The van der Waals surface area contributed by atoms with Gasteiger partial charge in [-0.2, -0.15) is 5.10 Å². The SMILES string of the molecule is CN=C(C)C(Cn1cc(N2C(=O)CN(Cc3cccc(CNC(=O)C4C=C4C(C)(C)C)c3)C2=O)cn1)=C(C)C. The molecule has 2 aliphatic rings. The van der Waals surface area contributed by atoms with Gasteiger partial charge >= 0.3 is 6.03 Å². The molecule has 1 N–H and O–H groups in total. The first-order valence-corrected chi connectivity index (χ1v) is 13.2. The molecule has 0 spiro atoms. The first-order valence-electron chi connectivity index (χ1n) is 13.2. The van der Waals surface area contributed by atoms with Gasteiger partial charge in [0.15, 0.2) is 0 Å². The molecule has 206 valence electrons. The van der Waals surface area contributed by atoms with E-state index in [-0.39, 0.29) is 35.7 Å². The van der Waals surface area contributed by atoms with Crippen molar-refractivity contribution < 1.29 is 14.4 Å². The molecule has 0 saturated carbocycles. The largest absolute Gasteiger partial charge is 0.351 e. The van der Waals surface area contributed by atoms with Crippen LogP contribution in [0.2, 0.25) is 0 Å². The van der Waals surface area contributed by atoms with Crippen LogP contribution in [-0.4, -0.2) is 51.8 Å². The van der Waals surface area contributed by atoms with Gasteiger partial charge in [0, 0.05) is 32.0 Å². The summed E-state index contributed by atoms with van der Waals surface area (Å²) in [5.41, 5.74) is 6.58. The van der Waals surface area contributed by atoms with Crippen LogP contribution in [-0.2, 0) is 29.2 Å². The second kappa shape index (κ2) is 11.0. The number of allylic oxidation sites excluding steroid dienone is 2. The zero-order chi connectivity index (χ0) is 28.5. The van der Waals surface area contributed by atoms with E-state index in [1.165, 1.54) is 15.4 Å². The number of amides is 4. The molecule has 1 unspecified atom stereocenters. The Balaban J connectivity index is 1.37. The normalized spacial score (nSPS) is 17.5. The lowest BCUT2D eigenvalue weighted by molar-refractivity contribution is -0.122. The predicted octanol–water partition coefficient (Wildman–Crippen LogP) is 4.50. The maximum atomic E-state index is 13.2. The third-order valence-corrected chi connectivity index (χ3v) is 7.16. The molecule has 0 radical (unpaired) electrons. The predicted molar refractivity (Wildman–Crippen MR) is 152 cm³/mol. The van der Waals surface area contributed by atoms with Crippen molar-refractivity contribution in [3.8, 4) is 0 Å². The minimum Gasteiger partial charge on any atom is -0.351 e. The van der Waals surface area contributed by atoms with Crippen LogP contribution in [0, 0.1) is 11.3 Å². The van der Waals surface area contributed by atoms with Crippen LogP contribution in [0.5, 0.6) is 0 Å². The Morgan fingerprint density at radius 3 is 2.51 bits per heavy atom. The molecule has 1 aliphatic carbocycles. The summed E-state index contributed by atoms with van der Waals surface area (Å²) in [4.78, 5) is 45.6. The Labute approximate surface area is 230 Å². The number of nitrogens with zero attached hydrogens (tertiary/aromatic N) is 5. The maximum Gasteiger partial charge on any atom is 0.332 e. The molecule has 1 fully saturated rings. The molecule has 4 rings (SSSR count). The van der Waals surface area contributed by atoms with Crippen molar-refractivity contribution in [2.45, 2.75) is 61.2 Å². The lowest BCUT2D eigenvalue weighted by Gasteiger charge is -2.17. The number of imide groups is 1. The third-order valence-electron chi connectivity index (χ3n) is 7.16. The topological polar surface area (TPSA) is 99.9 Å². The summed E-state index contributed by atoms with van der Waals surface area (Å²) in [6.07, 6.45) is 5.27. The van der Waals surface area contributed by atoms with Crippen LogP contribution in [0.4, 0.5) is 10.5 Å². The first kappa shape index (κ1) is 28.0. The summed E-state index contributed by atoms with van der Waals surface area (Å²) in [5.74, 6) is -0.395. The summed E-state index contributed by atoms with van der Waals surface area (Å²) in [6.45, 7) is 13.5. The van der Waals surface area contributed by atoms with Crippen molar-refractivity contribution in [2.75, 3.05) is 18.5 Å². The zero-order valence-electron chi connectivity index (χ0n) is 23.9. The summed E-state index contributed by atoms with van der Waals surface area (Å²) < 4.78 is 1.72. The van der Waals surface area contributed by atoms with Gasteiger partial charge in [-0.25, -0.2) is 9.69 Å². The fourth-order valence-corrected chi connectivity index (χ4v) is 4.84. The smallest absolute Gasteiger partial charge is 0.332 e. The molecular formula is C30H38N6O3. The van der Waals surface area contributed by atoms with Gasteiger partial charge in [-0.15, -0.1) is 0 Å². The maximum absolute atomic E-state index is 13.2. The number of hydrogen-bond donors (Lipinski definition) is 1. The number of rotatable bonds is 9. The highest BCUT2D eigenvalue weighted by Crippen LogP contribution is 2.43. The second-order valence-electron chi connectivity index (χ2n) is 11.4. The molecule has 2 heterocycles. The van der Waals surface area contributed by atoms with Crippen LogP contribution in [0.15, 0.2) is 64.4 Å². The molecule has 0 bridgehead atoms. The molecular weight excluding hydrogens is 492 g/mol. The number of aromatic nitrogens is 2. The highest BCUT2D eigenvalue weighted by molar-refractivity contribution is 6.19. The van der Waals surface area contributed by atoms with Gasteiger partial charge < -0.3 is 10.2 Å². The van der Waals surface area contributed by atoms with E-state index in [0.717, 1.165) is 28.0 Å². The van der Waals surface area contributed by atoms with E-state index in [9.17, 15) is 14.4 Å². The van der Waals surface area contributed by atoms with E-state index in [2.05, 4.69) is 36.2 Å². The molecule has 9 nitrogen and oxygen atoms in total. The lowest BCUT2D eigenvalue weighted by atomic mass is 9.90. The monoisotopic (exact) mass is 530 g/mol. The Hall–Kier alpha value is -4.01. The van der Waals surface area contributed by atoms with Gasteiger partial charge in [0.1, 0.15) is 6.54 Å². The number of nitrogens with one attached hydrogen (secondary N) is 1. The standard InChI is InChI=1S/C30H38N6O3/c1-19(2)25(20(3)31-7)17-35-16-23(14-33-35)36-27(37)18-34(29(36)39)15-22-10-8-9-21(11-22)13-32-28(38)24-12-26(24)30(4,5)6/h8-12,14,16,24H,13,15,17-18H2,1-7H3,(H,32,38). The molecule has 1 aromatic heterocycles. The minimum atomic E-state index is -0.374. The summed E-state index contributed by atoms with van der Waals surface area (Å²) >= 11 is 0. The number of benzene rings is 1. The molecule has 1 atom stereocenters. The third kappa shape index (κ3) is 6.35. The van der Waals surface area contributed by atoms with Crippen molar-refractivity contribution in [3.05, 3.63) is 70.6 Å². The number of carbonyl (C=O) groups is 3. The van der Waals surface area contributed by atoms with Gasteiger partial charge in [0.25, 0.3) is 5.91 Å². The number of carbonyl (C=O) groups excluding carboxylic acids is 3. The van der Waals surface area contributed by atoms with Crippen LogP contribution < -0.4 is 10.2 Å². The van der Waals surface area contributed by atoms with Crippen molar-refractivity contribution in [1.29, 1.82) is 0 Å². The Morgan fingerprint density at radius 1 is 1.15 bits per heavy atom.